The Labute approximate surface area is 184 Å². The summed E-state index contributed by atoms with van der Waals surface area (Å²) in [5, 5.41) is 4.07. The second-order valence-electron chi connectivity index (χ2n) is 8.42. The first-order chi connectivity index (χ1) is 15.0. The summed E-state index contributed by atoms with van der Waals surface area (Å²) in [5.74, 6) is 1.63. The van der Waals surface area contributed by atoms with E-state index in [1.165, 1.54) is 0 Å². The summed E-state index contributed by atoms with van der Waals surface area (Å²) in [7, 11) is -3.37. The summed E-state index contributed by atoms with van der Waals surface area (Å²) in [6.45, 7) is 4.85. The van der Waals surface area contributed by atoms with Gasteiger partial charge in [0.05, 0.1) is 18.5 Å². The standard InChI is InChI=1S/C22H31N3O5S/c1-17-4-6-18(7-5-17)16-31(26,27)25-11-2-3-20(15-25)29-14-10-21-23-22(30-24-21)19-8-12-28-13-9-19/h4-7,19-20H,2-3,8-16H2,1H3. The highest BCUT2D eigenvalue weighted by Crippen LogP contribution is 2.25. The fourth-order valence-corrected chi connectivity index (χ4v) is 5.67. The zero-order chi connectivity index (χ0) is 21.7. The van der Waals surface area contributed by atoms with Gasteiger partial charge < -0.3 is 14.0 Å². The Hall–Kier alpha value is -1.81. The number of sulfonamides is 1. The molecule has 1 aromatic heterocycles. The van der Waals surface area contributed by atoms with Crippen molar-refractivity contribution in [2.24, 2.45) is 0 Å². The molecule has 2 aliphatic rings. The first kappa shape index (κ1) is 22.4. The average Bonchev–Trinajstić information content (AvgIpc) is 3.25. The fraction of sp³-hybridized carbons (Fsp3) is 0.636. The van der Waals surface area contributed by atoms with E-state index in [0.29, 0.717) is 37.8 Å². The molecule has 8 nitrogen and oxygen atoms in total. The van der Waals surface area contributed by atoms with Crippen molar-refractivity contribution in [1.82, 2.24) is 14.4 Å². The van der Waals surface area contributed by atoms with Crippen LogP contribution in [0.2, 0.25) is 0 Å². The summed E-state index contributed by atoms with van der Waals surface area (Å²) in [4.78, 5) is 4.50. The number of hydrogen-bond acceptors (Lipinski definition) is 7. The summed E-state index contributed by atoms with van der Waals surface area (Å²) < 4.78 is 44.1. The summed E-state index contributed by atoms with van der Waals surface area (Å²) in [6, 6.07) is 7.64. The SMILES string of the molecule is Cc1ccc(CS(=O)(=O)N2CCCC(OCCc3noc(C4CCOCC4)n3)C2)cc1. The van der Waals surface area contributed by atoms with E-state index in [0.717, 1.165) is 50.0 Å². The Bertz CT molecular complexity index is 938. The molecule has 1 atom stereocenters. The maximum atomic E-state index is 12.9. The third-order valence-corrected chi connectivity index (χ3v) is 7.75. The lowest BCUT2D eigenvalue weighted by Crippen LogP contribution is -2.43. The molecule has 1 aromatic carbocycles. The molecule has 0 aliphatic carbocycles. The zero-order valence-corrected chi connectivity index (χ0v) is 18.8. The largest absolute Gasteiger partial charge is 0.381 e. The highest BCUT2D eigenvalue weighted by Gasteiger charge is 2.29. The molecule has 0 bridgehead atoms. The van der Waals surface area contributed by atoms with E-state index in [1.54, 1.807) is 4.31 Å². The van der Waals surface area contributed by atoms with Crippen LogP contribution in [0.15, 0.2) is 28.8 Å². The molecule has 2 saturated heterocycles. The van der Waals surface area contributed by atoms with Gasteiger partial charge in [-0.1, -0.05) is 35.0 Å². The Morgan fingerprint density at radius 3 is 2.71 bits per heavy atom. The third-order valence-electron chi connectivity index (χ3n) is 5.94. The fourth-order valence-electron chi connectivity index (χ4n) is 4.08. The zero-order valence-electron chi connectivity index (χ0n) is 18.0. The topological polar surface area (TPSA) is 94.8 Å². The van der Waals surface area contributed by atoms with Gasteiger partial charge in [0.25, 0.3) is 0 Å². The van der Waals surface area contributed by atoms with E-state index in [1.807, 2.05) is 31.2 Å². The number of nitrogens with zero attached hydrogens (tertiary/aromatic N) is 3. The number of aromatic nitrogens is 2. The number of benzene rings is 1. The molecule has 0 radical (unpaired) electrons. The van der Waals surface area contributed by atoms with Gasteiger partial charge in [0.2, 0.25) is 15.9 Å². The minimum absolute atomic E-state index is 0.0256. The monoisotopic (exact) mass is 449 g/mol. The van der Waals surface area contributed by atoms with Crippen LogP contribution in [-0.2, 0) is 31.7 Å². The third kappa shape index (κ3) is 6.12. The lowest BCUT2D eigenvalue weighted by Gasteiger charge is -2.31. The van der Waals surface area contributed by atoms with Crippen LogP contribution in [0.4, 0.5) is 0 Å². The molecule has 1 unspecified atom stereocenters. The Morgan fingerprint density at radius 2 is 1.94 bits per heavy atom. The van der Waals surface area contributed by atoms with Crippen molar-refractivity contribution in [3.05, 3.63) is 47.1 Å². The van der Waals surface area contributed by atoms with Crippen LogP contribution in [0.3, 0.4) is 0 Å². The van der Waals surface area contributed by atoms with Crippen molar-refractivity contribution in [2.45, 2.75) is 56.8 Å². The lowest BCUT2D eigenvalue weighted by molar-refractivity contribution is 0.0198. The molecule has 0 amide bonds. The molecule has 2 aliphatic heterocycles. The molecule has 31 heavy (non-hydrogen) atoms. The molecule has 2 aromatic rings. The van der Waals surface area contributed by atoms with E-state index in [2.05, 4.69) is 10.1 Å². The number of ether oxygens (including phenoxy) is 2. The smallest absolute Gasteiger partial charge is 0.229 e. The molecular weight excluding hydrogens is 418 g/mol. The first-order valence-electron chi connectivity index (χ1n) is 11.0. The Balaban J connectivity index is 1.25. The van der Waals surface area contributed by atoms with Gasteiger partial charge >= 0.3 is 0 Å². The van der Waals surface area contributed by atoms with E-state index in [9.17, 15) is 8.42 Å². The molecule has 2 fully saturated rings. The van der Waals surface area contributed by atoms with E-state index >= 15 is 0 Å². The number of piperidine rings is 1. The van der Waals surface area contributed by atoms with Crippen LogP contribution < -0.4 is 0 Å². The minimum atomic E-state index is -3.37. The maximum absolute atomic E-state index is 12.9. The molecule has 3 heterocycles. The molecule has 0 saturated carbocycles. The van der Waals surface area contributed by atoms with Crippen molar-refractivity contribution >= 4 is 10.0 Å². The second-order valence-corrected chi connectivity index (χ2v) is 10.4. The van der Waals surface area contributed by atoms with Crippen LogP contribution in [0.25, 0.3) is 0 Å². The van der Waals surface area contributed by atoms with Crippen molar-refractivity contribution < 1.29 is 22.4 Å². The highest BCUT2D eigenvalue weighted by atomic mass is 32.2. The molecule has 4 rings (SSSR count). The van der Waals surface area contributed by atoms with Crippen LogP contribution >= 0.6 is 0 Å². The van der Waals surface area contributed by atoms with Crippen LogP contribution in [-0.4, -0.2) is 61.9 Å². The van der Waals surface area contributed by atoms with Gasteiger partial charge in [0.1, 0.15) is 0 Å². The van der Waals surface area contributed by atoms with Gasteiger partial charge in [-0.25, -0.2) is 8.42 Å². The minimum Gasteiger partial charge on any atom is -0.381 e. The lowest BCUT2D eigenvalue weighted by atomic mass is 10.0. The molecule has 0 spiro atoms. The van der Waals surface area contributed by atoms with E-state index < -0.39 is 10.0 Å². The maximum Gasteiger partial charge on any atom is 0.229 e. The summed E-state index contributed by atoms with van der Waals surface area (Å²) >= 11 is 0. The average molecular weight is 450 g/mol. The molecule has 9 heteroatoms. The van der Waals surface area contributed by atoms with Gasteiger partial charge in [-0.15, -0.1) is 0 Å². The van der Waals surface area contributed by atoms with Crippen LogP contribution in [0.5, 0.6) is 0 Å². The predicted octanol–water partition coefficient (Wildman–Crippen LogP) is 2.83. The van der Waals surface area contributed by atoms with Crippen LogP contribution in [0, 0.1) is 6.92 Å². The molecular formula is C22H31N3O5S. The van der Waals surface area contributed by atoms with E-state index in [4.69, 9.17) is 14.0 Å². The quantitative estimate of drug-likeness (QED) is 0.611. The predicted molar refractivity (Wildman–Crippen MR) is 115 cm³/mol. The van der Waals surface area contributed by atoms with Crippen LogP contribution in [0.1, 0.15) is 54.4 Å². The second kappa shape index (κ2) is 10.2. The Kier molecular flexibility index (Phi) is 7.37. The highest BCUT2D eigenvalue weighted by molar-refractivity contribution is 7.88. The molecule has 170 valence electrons. The van der Waals surface area contributed by atoms with Crippen molar-refractivity contribution in [1.29, 1.82) is 0 Å². The number of aryl methyl sites for hydroxylation is 1. The van der Waals surface area contributed by atoms with Crippen molar-refractivity contribution in [3.8, 4) is 0 Å². The van der Waals surface area contributed by atoms with Gasteiger partial charge in [0, 0.05) is 38.6 Å². The first-order valence-corrected chi connectivity index (χ1v) is 12.7. The van der Waals surface area contributed by atoms with Gasteiger partial charge in [0.15, 0.2) is 5.82 Å². The van der Waals surface area contributed by atoms with Gasteiger partial charge in [-0.3, -0.25) is 0 Å². The number of hydrogen-bond donors (Lipinski definition) is 0. The summed E-state index contributed by atoms with van der Waals surface area (Å²) in [5.41, 5.74) is 1.93. The van der Waals surface area contributed by atoms with Gasteiger partial charge in [-0.2, -0.15) is 9.29 Å². The normalized spacial score (nSPS) is 21.4. The van der Waals surface area contributed by atoms with Crippen molar-refractivity contribution in [3.63, 3.8) is 0 Å². The Morgan fingerprint density at radius 1 is 1.16 bits per heavy atom. The number of rotatable bonds is 8. The van der Waals surface area contributed by atoms with Crippen molar-refractivity contribution in [2.75, 3.05) is 32.9 Å². The van der Waals surface area contributed by atoms with Gasteiger partial charge in [-0.05, 0) is 38.2 Å². The summed E-state index contributed by atoms with van der Waals surface area (Å²) in [6.07, 6.45) is 3.92. The molecule has 0 N–H and O–H groups in total. The van der Waals surface area contributed by atoms with E-state index in [-0.39, 0.29) is 17.8 Å².